The Hall–Kier alpha value is -2.54. The van der Waals surface area contributed by atoms with Crippen LogP contribution in [0, 0.1) is 5.82 Å². The number of amides is 1. The van der Waals surface area contributed by atoms with Gasteiger partial charge in [0.2, 0.25) is 5.91 Å². The summed E-state index contributed by atoms with van der Waals surface area (Å²) in [5.74, 6) is 0.647. The van der Waals surface area contributed by atoms with Crippen molar-refractivity contribution in [2.24, 2.45) is 0 Å². The van der Waals surface area contributed by atoms with Gasteiger partial charge in [0.15, 0.2) is 5.82 Å². The smallest absolute Gasteiger partial charge is 0.244 e. The first kappa shape index (κ1) is 16.9. The molecule has 2 aliphatic rings. The summed E-state index contributed by atoms with van der Waals surface area (Å²) < 4.78 is 13.5. The van der Waals surface area contributed by atoms with Crippen LogP contribution in [0.1, 0.15) is 12.8 Å². The van der Waals surface area contributed by atoms with Crippen LogP contribution in [0.5, 0.6) is 0 Å². The molecule has 0 aliphatic carbocycles. The quantitative estimate of drug-likeness (QED) is 0.842. The Morgan fingerprint density at radius 2 is 1.88 bits per heavy atom. The number of halogens is 1. The fraction of sp³-hybridized carbons (Fsp3) is 0.421. The van der Waals surface area contributed by atoms with E-state index in [1.807, 2.05) is 12.1 Å². The average molecular weight is 355 g/mol. The van der Waals surface area contributed by atoms with Gasteiger partial charge in [0.1, 0.15) is 5.82 Å². The predicted molar refractivity (Wildman–Crippen MR) is 97.6 cm³/mol. The summed E-state index contributed by atoms with van der Waals surface area (Å²) in [7, 11) is 0. The van der Waals surface area contributed by atoms with Gasteiger partial charge in [-0.05, 0) is 43.2 Å². The van der Waals surface area contributed by atoms with Crippen LogP contribution in [0.4, 0.5) is 15.9 Å². The Balaban J connectivity index is 1.43. The molecule has 0 radical (unpaired) electrons. The zero-order valence-corrected chi connectivity index (χ0v) is 14.6. The van der Waals surface area contributed by atoms with E-state index < -0.39 is 0 Å². The Morgan fingerprint density at radius 3 is 2.62 bits per heavy atom. The van der Waals surface area contributed by atoms with E-state index in [-0.39, 0.29) is 17.8 Å². The SMILES string of the molecule is O=C1C(N2CCN(c3cccnn3)CC2)CCCN1c1cccc(F)c1. The number of carbonyl (C=O) groups is 1. The number of piperidine rings is 1. The zero-order valence-electron chi connectivity index (χ0n) is 14.6. The summed E-state index contributed by atoms with van der Waals surface area (Å²) in [6.07, 6.45) is 3.45. The maximum absolute atomic E-state index is 13.5. The minimum absolute atomic E-state index is 0.0785. The summed E-state index contributed by atoms with van der Waals surface area (Å²) in [5.41, 5.74) is 0.651. The first-order chi connectivity index (χ1) is 12.7. The van der Waals surface area contributed by atoms with Crippen LogP contribution >= 0.6 is 0 Å². The van der Waals surface area contributed by atoms with E-state index in [4.69, 9.17) is 0 Å². The molecule has 0 N–H and O–H groups in total. The molecule has 6 nitrogen and oxygen atoms in total. The largest absolute Gasteiger partial charge is 0.353 e. The third kappa shape index (κ3) is 3.39. The number of aromatic nitrogens is 2. The molecule has 1 atom stereocenters. The van der Waals surface area contributed by atoms with Crippen LogP contribution in [0.2, 0.25) is 0 Å². The Labute approximate surface area is 152 Å². The lowest BCUT2D eigenvalue weighted by Crippen LogP contribution is -2.58. The van der Waals surface area contributed by atoms with Gasteiger partial charge in [-0.1, -0.05) is 6.07 Å². The van der Waals surface area contributed by atoms with Crippen molar-refractivity contribution < 1.29 is 9.18 Å². The molecule has 26 heavy (non-hydrogen) atoms. The number of piperazine rings is 1. The fourth-order valence-electron chi connectivity index (χ4n) is 3.82. The zero-order chi connectivity index (χ0) is 17.9. The molecule has 1 unspecified atom stereocenters. The average Bonchev–Trinajstić information content (AvgIpc) is 2.69. The summed E-state index contributed by atoms with van der Waals surface area (Å²) in [6.45, 7) is 3.91. The van der Waals surface area contributed by atoms with Gasteiger partial charge in [-0.25, -0.2) is 4.39 Å². The van der Waals surface area contributed by atoms with E-state index in [9.17, 15) is 9.18 Å². The molecule has 2 aliphatic heterocycles. The molecule has 1 amide bonds. The van der Waals surface area contributed by atoms with Crippen LogP contribution in [-0.2, 0) is 4.79 Å². The highest BCUT2D eigenvalue weighted by Gasteiger charge is 2.35. The van der Waals surface area contributed by atoms with Gasteiger partial charge in [-0.2, -0.15) is 5.10 Å². The van der Waals surface area contributed by atoms with E-state index >= 15 is 0 Å². The van der Waals surface area contributed by atoms with Gasteiger partial charge in [0, 0.05) is 44.6 Å². The Kier molecular flexibility index (Phi) is 4.79. The van der Waals surface area contributed by atoms with Gasteiger partial charge in [-0.15, -0.1) is 5.10 Å². The molecule has 0 bridgehead atoms. The molecule has 0 saturated carbocycles. The fourth-order valence-corrected chi connectivity index (χ4v) is 3.82. The summed E-state index contributed by atoms with van der Waals surface area (Å²) in [5, 5.41) is 8.10. The van der Waals surface area contributed by atoms with Crippen molar-refractivity contribution in [2.45, 2.75) is 18.9 Å². The van der Waals surface area contributed by atoms with Crippen LogP contribution in [0.3, 0.4) is 0 Å². The highest BCUT2D eigenvalue weighted by atomic mass is 19.1. The number of rotatable bonds is 3. The van der Waals surface area contributed by atoms with Gasteiger partial charge in [-0.3, -0.25) is 9.69 Å². The number of benzene rings is 1. The normalized spacial score (nSPS) is 21.9. The first-order valence-corrected chi connectivity index (χ1v) is 9.06. The van der Waals surface area contributed by atoms with E-state index in [0.29, 0.717) is 12.2 Å². The molecule has 4 rings (SSSR count). The maximum atomic E-state index is 13.5. The molecule has 2 fully saturated rings. The maximum Gasteiger partial charge on any atom is 0.244 e. The van der Waals surface area contributed by atoms with Crippen molar-refractivity contribution in [1.29, 1.82) is 0 Å². The lowest BCUT2D eigenvalue weighted by Gasteiger charge is -2.42. The van der Waals surface area contributed by atoms with Gasteiger partial charge in [0.05, 0.1) is 6.04 Å². The molecular weight excluding hydrogens is 333 g/mol. The second-order valence-corrected chi connectivity index (χ2v) is 6.73. The third-order valence-electron chi connectivity index (χ3n) is 5.17. The molecule has 0 spiro atoms. The number of anilines is 2. The highest BCUT2D eigenvalue weighted by molar-refractivity contribution is 5.97. The van der Waals surface area contributed by atoms with Crippen LogP contribution in [0.25, 0.3) is 0 Å². The lowest BCUT2D eigenvalue weighted by molar-refractivity contribution is -0.125. The number of hydrogen-bond donors (Lipinski definition) is 0. The van der Waals surface area contributed by atoms with Gasteiger partial charge >= 0.3 is 0 Å². The monoisotopic (exact) mass is 355 g/mol. The molecule has 2 saturated heterocycles. The van der Waals surface area contributed by atoms with Crippen LogP contribution in [-0.4, -0.2) is 59.8 Å². The van der Waals surface area contributed by atoms with Gasteiger partial charge in [0.25, 0.3) is 0 Å². The van der Waals surface area contributed by atoms with Crippen molar-refractivity contribution in [2.75, 3.05) is 42.5 Å². The highest BCUT2D eigenvalue weighted by Crippen LogP contribution is 2.25. The Morgan fingerprint density at radius 1 is 1.04 bits per heavy atom. The molecule has 136 valence electrons. The summed E-state index contributed by atoms with van der Waals surface area (Å²) in [6, 6.07) is 10.0. The Bertz CT molecular complexity index is 764. The standard InChI is InChI=1S/C19H22FN5O/c20-15-4-1-5-16(14-15)25-9-3-6-17(19(25)26)23-10-12-24(13-11-23)18-7-2-8-21-22-18/h1-2,4-5,7-8,14,17H,3,6,9-13H2. The second-order valence-electron chi connectivity index (χ2n) is 6.73. The number of nitrogens with zero attached hydrogens (tertiary/aromatic N) is 5. The van der Waals surface area contributed by atoms with Crippen molar-refractivity contribution in [3.05, 3.63) is 48.4 Å². The van der Waals surface area contributed by atoms with Crippen LogP contribution < -0.4 is 9.80 Å². The first-order valence-electron chi connectivity index (χ1n) is 9.06. The third-order valence-corrected chi connectivity index (χ3v) is 5.17. The molecule has 1 aromatic heterocycles. The lowest BCUT2D eigenvalue weighted by atomic mass is 10.0. The molecule has 1 aromatic carbocycles. The van der Waals surface area contributed by atoms with E-state index in [2.05, 4.69) is 20.0 Å². The van der Waals surface area contributed by atoms with Crippen LogP contribution in [0.15, 0.2) is 42.6 Å². The predicted octanol–water partition coefficient (Wildman–Crippen LogP) is 1.93. The summed E-state index contributed by atoms with van der Waals surface area (Å²) in [4.78, 5) is 19.2. The number of hydrogen-bond acceptors (Lipinski definition) is 5. The van der Waals surface area contributed by atoms with Crippen molar-refractivity contribution >= 4 is 17.4 Å². The van der Waals surface area contributed by atoms with E-state index in [0.717, 1.165) is 44.8 Å². The minimum Gasteiger partial charge on any atom is -0.353 e. The minimum atomic E-state index is -0.310. The van der Waals surface area contributed by atoms with E-state index in [1.165, 1.54) is 12.1 Å². The molecule has 3 heterocycles. The molecule has 2 aromatic rings. The summed E-state index contributed by atoms with van der Waals surface area (Å²) >= 11 is 0. The van der Waals surface area contributed by atoms with Gasteiger partial charge < -0.3 is 9.80 Å². The van der Waals surface area contributed by atoms with Crippen molar-refractivity contribution in [3.63, 3.8) is 0 Å². The van der Waals surface area contributed by atoms with E-state index in [1.54, 1.807) is 23.2 Å². The molecule has 7 heteroatoms. The van der Waals surface area contributed by atoms with Crippen molar-refractivity contribution in [1.82, 2.24) is 15.1 Å². The second kappa shape index (κ2) is 7.37. The molecular formula is C19H22FN5O. The number of carbonyl (C=O) groups excluding carboxylic acids is 1. The topological polar surface area (TPSA) is 52.6 Å². The van der Waals surface area contributed by atoms with Crippen molar-refractivity contribution in [3.8, 4) is 0 Å².